The van der Waals surface area contributed by atoms with Gasteiger partial charge in [-0.2, -0.15) is 16.8 Å². The first-order valence-corrected chi connectivity index (χ1v) is 16.1. The summed E-state index contributed by atoms with van der Waals surface area (Å²) in [7, 11) is -7.43. The Labute approximate surface area is 227 Å². The number of halogens is 1. The summed E-state index contributed by atoms with van der Waals surface area (Å²) in [5.74, 6) is 0.623. The van der Waals surface area contributed by atoms with Crippen molar-refractivity contribution in [2.24, 2.45) is 0 Å². The van der Waals surface area contributed by atoms with Crippen molar-refractivity contribution in [3.63, 3.8) is 0 Å². The summed E-state index contributed by atoms with van der Waals surface area (Å²) in [4.78, 5) is 14.4. The van der Waals surface area contributed by atoms with Gasteiger partial charge < -0.3 is 13.1 Å². The Kier molecular flexibility index (Phi) is 7.65. The van der Waals surface area contributed by atoms with Crippen molar-refractivity contribution in [2.45, 2.75) is 11.9 Å². The Bertz CT molecular complexity index is 1670. The maximum atomic E-state index is 13.7. The Morgan fingerprint density at radius 1 is 0.811 bits per heavy atom. The molecule has 0 radical (unpaired) electrons. The lowest BCUT2D eigenvalue weighted by Gasteiger charge is -2.10. The van der Waals surface area contributed by atoms with E-state index in [1.165, 1.54) is 29.5 Å². The molecule has 1 aromatic heterocycles. The fourth-order valence-corrected chi connectivity index (χ4v) is 5.95. The lowest BCUT2D eigenvalue weighted by molar-refractivity contribution is 0.104. The molecule has 3 aromatic carbocycles. The Balaban J connectivity index is 1.82. The molecular formula is C25H21BrO8S3. The van der Waals surface area contributed by atoms with Crippen LogP contribution in [0.5, 0.6) is 17.2 Å². The number of benzene rings is 3. The molecule has 1 unspecified atom stereocenters. The molecular weight excluding hydrogens is 604 g/mol. The molecule has 0 spiro atoms. The number of carbonyl (C=O) groups excluding carboxylic acids is 1. The van der Waals surface area contributed by atoms with E-state index >= 15 is 0 Å². The smallest absolute Gasteiger partial charge is 0.306 e. The third kappa shape index (κ3) is 6.89. The molecule has 0 saturated heterocycles. The third-order valence-electron chi connectivity index (χ3n) is 4.92. The maximum Gasteiger partial charge on any atom is 0.306 e. The molecule has 0 N–H and O–H groups in total. The summed E-state index contributed by atoms with van der Waals surface area (Å²) in [6.07, 6.45) is 1.91. The predicted molar refractivity (Wildman–Crippen MR) is 147 cm³/mol. The van der Waals surface area contributed by atoms with Gasteiger partial charge in [0.2, 0.25) is 0 Å². The van der Waals surface area contributed by atoms with Crippen LogP contribution in [0.2, 0.25) is 0 Å². The molecule has 4 aromatic rings. The van der Waals surface area contributed by atoms with Gasteiger partial charge in [-0.05, 0) is 95.1 Å². The highest BCUT2D eigenvalue weighted by molar-refractivity contribution is 9.09. The number of hydrogen-bond acceptors (Lipinski definition) is 9. The zero-order chi connectivity index (χ0) is 27.0. The van der Waals surface area contributed by atoms with Crippen LogP contribution in [0.1, 0.15) is 22.8 Å². The van der Waals surface area contributed by atoms with E-state index < -0.39 is 20.2 Å². The van der Waals surface area contributed by atoms with Gasteiger partial charge in [-0.25, -0.2) is 0 Å². The summed E-state index contributed by atoms with van der Waals surface area (Å²) in [5, 5.41) is 0.427. The van der Waals surface area contributed by atoms with Crippen LogP contribution in [0.4, 0.5) is 0 Å². The van der Waals surface area contributed by atoms with Crippen LogP contribution >= 0.6 is 27.3 Å². The average molecular weight is 626 g/mol. The summed E-state index contributed by atoms with van der Waals surface area (Å²) < 4.78 is 62.3. The van der Waals surface area contributed by atoms with Crippen molar-refractivity contribution < 1.29 is 34.7 Å². The van der Waals surface area contributed by atoms with Crippen LogP contribution in [0.15, 0.2) is 66.7 Å². The molecule has 0 aliphatic heterocycles. The lowest BCUT2D eigenvalue weighted by Crippen LogP contribution is -2.06. The number of carbonyl (C=O) groups is 1. The van der Waals surface area contributed by atoms with Gasteiger partial charge >= 0.3 is 20.2 Å². The van der Waals surface area contributed by atoms with Gasteiger partial charge in [0, 0.05) is 26.1 Å². The number of alkyl halides is 1. The van der Waals surface area contributed by atoms with Crippen LogP contribution in [0, 0.1) is 0 Å². The van der Waals surface area contributed by atoms with Gasteiger partial charge in [0.15, 0.2) is 10.8 Å². The van der Waals surface area contributed by atoms with Crippen molar-refractivity contribution >= 4 is 63.4 Å². The van der Waals surface area contributed by atoms with Gasteiger partial charge in [-0.3, -0.25) is 4.79 Å². The number of rotatable bonds is 9. The maximum absolute atomic E-state index is 13.7. The normalized spacial score (nSPS) is 12.8. The second-order valence-corrected chi connectivity index (χ2v) is 13.6. The Hall–Kier alpha value is -2.93. The van der Waals surface area contributed by atoms with Crippen molar-refractivity contribution in [3.05, 3.63) is 77.9 Å². The molecule has 4 rings (SSSR count). The average Bonchev–Trinajstić information content (AvgIpc) is 3.15. The van der Waals surface area contributed by atoms with Crippen molar-refractivity contribution in [1.82, 2.24) is 0 Å². The van der Waals surface area contributed by atoms with E-state index in [1.54, 1.807) is 48.5 Å². The molecule has 1 heterocycles. The zero-order valence-corrected chi connectivity index (χ0v) is 23.8. The van der Waals surface area contributed by atoms with Crippen LogP contribution < -0.4 is 13.1 Å². The van der Waals surface area contributed by atoms with Crippen molar-refractivity contribution in [2.75, 3.05) is 12.5 Å². The topological polar surface area (TPSA) is 113 Å². The fraction of sp³-hybridized carbons (Fsp3) is 0.160. The van der Waals surface area contributed by atoms with Gasteiger partial charge in [-0.15, -0.1) is 11.3 Å². The highest BCUT2D eigenvalue weighted by Crippen LogP contribution is 2.42. The number of hydrogen-bond donors (Lipinski definition) is 0. The molecule has 0 saturated carbocycles. The minimum atomic E-state index is -3.73. The first-order chi connectivity index (χ1) is 17.3. The van der Waals surface area contributed by atoms with E-state index in [9.17, 15) is 21.6 Å². The summed E-state index contributed by atoms with van der Waals surface area (Å²) in [5.41, 5.74) is 1.51. The number of ether oxygens (including phenoxy) is 1. The number of thiophene rings is 1. The SMILES string of the molecule is CC(Br)Oc1ccc(C(=O)c2c(-c3ccc(OS(C)(=O)=O)cc3)sc3cc(OS(C)(=O)=O)ccc23)cc1. The lowest BCUT2D eigenvalue weighted by atomic mass is 9.97. The zero-order valence-electron chi connectivity index (χ0n) is 19.8. The Morgan fingerprint density at radius 2 is 1.35 bits per heavy atom. The van der Waals surface area contributed by atoms with E-state index in [1.807, 2.05) is 6.92 Å². The standard InChI is InChI=1S/C25H21BrO8S3/c1-15(26)32-18-8-4-16(5-9-18)24(27)23-21-13-12-20(34-37(3,30)31)14-22(21)35-25(23)17-6-10-19(11-7-17)33-36(2,28)29/h4-15H,1-3H3. The van der Waals surface area contributed by atoms with E-state index in [-0.39, 0.29) is 22.3 Å². The van der Waals surface area contributed by atoms with E-state index in [2.05, 4.69) is 15.9 Å². The van der Waals surface area contributed by atoms with Crippen molar-refractivity contribution in [3.8, 4) is 27.7 Å². The molecule has 37 heavy (non-hydrogen) atoms. The molecule has 0 bridgehead atoms. The first kappa shape index (κ1) is 27.1. The van der Waals surface area contributed by atoms with E-state index in [4.69, 9.17) is 13.1 Å². The first-order valence-electron chi connectivity index (χ1n) is 10.7. The predicted octanol–water partition coefficient (Wildman–Crippen LogP) is 5.60. The number of fused-ring (bicyclic) bond motifs is 1. The van der Waals surface area contributed by atoms with Crippen LogP contribution in [-0.2, 0) is 20.2 Å². The van der Waals surface area contributed by atoms with E-state index in [0.717, 1.165) is 12.5 Å². The Morgan fingerprint density at radius 3 is 1.92 bits per heavy atom. The van der Waals surface area contributed by atoms with Gasteiger partial charge in [0.1, 0.15) is 17.2 Å². The monoisotopic (exact) mass is 624 g/mol. The number of ketones is 1. The summed E-state index contributed by atoms with van der Waals surface area (Å²) in [6.45, 7) is 1.83. The van der Waals surface area contributed by atoms with Gasteiger partial charge in [0.25, 0.3) is 0 Å². The quantitative estimate of drug-likeness (QED) is 0.134. The minimum absolute atomic E-state index is 0.129. The molecule has 0 fully saturated rings. The molecule has 194 valence electrons. The van der Waals surface area contributed by atoms with Gasteiger partial charge in [-0.1, -0.05) is 0 Å². The van der Waals surface area contributed by atoms with Crippen LogP contribution in [0.25, 0.3) is 20.5 Å². The molecule has 0 amide bonds. The summed E-state index contributed by atoms with van der Waals surface area (Å²) in [6, 6.07) is 17.8. The molecule has 0 aliphatic rings. The highest BCUT2D eigenvalue weighted by Gasteiger charge is 2.23. The fourth-order valence-electron chi connectivity index (χ4n) is 3.59. The highest BCUT2D eigenvalue weighted by atomic mass is 79.9. The van der Waals surface area contributed by atoms with Crippen LogP contribution in [-0.4, -0.2) is 40.1 Å². The largest absolute Gasteiger partial charge is 0.480 e. The molecule has 8 nitrogen and oxygen atoms in total. The van der Waals surface area contributed by atoms with Gasteiger partial charge in [0.05, 0.1) is 12.5 Å². The second kappa shape index (κ2) is 10.4. The van der Waals surface area contributed by atoms with Crippen LogP contribution in [0.3, 0.4) is 0 Å². The second-order valence-electron chi connectivity index (χ2n) is 8.08. The minimum Gasteiger partial charge on any atom is -0.480 e. The van der Waals surface area contributed by atoms with Crippen molar-refractivity contribution in [1.29, 1.82) is 0 Å². The summed E-state index contributed by atoms with van der Waals surface area (Å²) >= 11 is 4.60. The molecule has 12 heteroatoms. The third-order valence-corrected chi connectivity index (χ3v) is 7.29. The molecule has 1 atom stereocenters. The molecule has 0 aliphatic carbocycles. The van der Waals surface area contributed by atoms with E-state index in [0.29, 0.717) is 37.4 Å².